The molecular formula is C16H23N3O7. The second-order valence-corrected chi connectivity index (χ2v) is 5.52. The van der Waals surface area contributed by atoms with Crippen molar-refractivity contribution in [3.63, 3.8) is 0 Å². The molecule has 0 fully saturated rings. The van der Waals surface area contributed by atoms with Crippen LogP contribution in [0.3, 0.4) is 0 Å². The van der Waals surface area contributed by atoms with Crippen LogP contribution in [0, 0.1) is 10.1 Å². The molecule has 0 radical (unpaired) electrons. The predicted octanol–water partition coefficient (Wildman–Crippen LogP) is 1.50. The number of hydrogen-bond acceptors (Lipinski definition) is 7. The van der Waals surface area contributed by atoms with Crippen LogP contribution in [-0.2, 0) is 16.1 Å². The van der Waals surface area contributed by atoms with Crippen molar-refractivity contribution < 1.29 is 29.4 Å². The zero-order valence-corrected chi connectivity index (χ0v) is 14.3. The van der Waals surface area contributed by atoms with Crippen molar-refractivity contribution in [2.45, 2.75) is 38.1 Å². The molecule has 1 aromatic rings. The third-order valence-corrected chi connectivity index (χ3v) is 3.45. The Balaban J connectivity index is 2.50. The van der Waals surface area contributed by atoms with Gasteiger partial charge in [0.15, 0.2) is 0 Å². The second kappa shape index (κ2) is 11.6. The minimum Gasteiger partial charge on any atom is -0.480 e. The van der Waals surface area contributed by atoms with E-state index in [1.807, 2.05) is 0 Å². The largest absolute Gasteiger partial charge is 0.480 e. The summed E-state index contributed by atoms with van der Waals surface area (Å²) in [4.78, 5) is 37.4. The molecular weight excluding hydrogens is 346 g/mol. The summed E-state index contributed by atoms with van der Waals surface area (Å²) in [5.41, 5.74) is 6.17. The summed E-state index contributed by atoms with van der Waals surface area (Å²) in [6.45, 7) is 0.429. The Bertz CT molecular complexity index is 609. The van der Waals surface area contributed by atoms with Crippen molar-refractivity contribution in [1.82, 2.24) is 5.32 Å². The van der Waals surface area contributed by atoms with Gasteiger partial charge in [0.05, 0.1) is 6.61 Å². The summed E-state index contributed by atoms with van der Waals surface area (Å²) in [7, 11) is 0. The smallest absolute Gasteiger partial charge is 0.413 e. The molecule has 0 aliphatic rings. The third kappa shape index (κ3) is 8.83. The van der Waals surface area contributed by atoms with Crippen LogP contribution in [0.25, 0.3) is 0 Å². The Hall–Kier alpha value is -2.88. The van der Waals surface area contributed by atoms with Gasteiger partial charge in [-0.25, -0.2) is 9.59 Å². The predicted molar refractivity (Wildman–Crippen MR) is 91.2 cm³/mol. The van der Waals surface area contributed by atoms with Crippen molar-refractivity contribution in [2.24, 2.45) is 5.73 Å². The van der Waals surface area contributed by atoms with Crippen molar-refractivity contribution >= 4 is 12.1 Å². The average molecular weight is 369 g/mol. The highest BCUT2D eigenvalue weighted by Crippen LogP contribution is 2.15. The van der Waals surface area contributed by atoms with Crippen molar-refractivity contribution in [2.75, 3.05) is 13.2 Å². The van der Waals surface area contributed by atoms with Crippen molar-refractivity contribution in [3.05, 3.63) is 39.9 Å². The van der Waals surface area contributed by atoms with E-state index in [1.54, 1.807) is 24.3 Å². The Kier molecular flexibility index (Phi) is 9.47. The number of carboxylic acid groups (broad SMARTS) is 1. The molecule has 4 N–H and O–H groups in total. The number of nitrogens with two attached hydrogens (primary N) is 1. The zero-order valence-electron chi connectivity index (χ0n) is 14.3. The average Bonchev–Trinajstić information content (AvgIpc) is 2.58. The fraction of sp³-hybridized carbons (Fsp3) is 0.500. The summed E-state index contributed by atoms with van der Waals surface area (Å²) < 4.78 is 5.11. The molecule has 10 heteroatoms. The van der Waals surface area contributed by atoms with E-state index in [0.29, 0.717) is 32.2 Å². The number of carbonyl (C=O) groups is 2. The number of nitrogens with zero attached hydrogens (tertiary/aromatic N) is 1. The third-order valence-electron chi connectivity index (χ3n) is 3.45. The zero-order chi connectivity index (χ0) is 19.4. The first-order chi connectivity index (χ1) is 12.4. The van der Waals surface area contributed by atoms with Gasteiger partial charge in [-0.1, -0.05) is 12.1 Å². The number of rotatable bonds is 12. The van der Waals surface area contributed by atoms with E-state index in [2.05, 4.69) is 10.2 Å². The lowest BCUT2D eigenvalue weighted by Gasteiger charge is -2.14. The van der Waals surface area contributed by atoms with Crippen LogP contribution < -0.4 is 15.8 Å². The molecule has 0 bridgehead atoms. The molecule has 1 atom stereocenters. The fourth-order valence-electron chi connectivity index (χ4n) is 2.21. The maximum Gasteiger partial charge on any atom is 0.413 e. The number of hydrogen-bond donors (Lipinski definition) is 3. The van der Waals surface area contributed by atoms with E-state index in [4.69, 9.17) is 15.6 Å². The number of unbranched alkanes of at least 4 members (excludes halogenated alkanes) is 1. The molecule has 1 rings (SSSR count). The van der Waals surface area contributed by atoms with E-state index < -0.39 is 23.2 Å². The number of aliphatic carboxylic acids is 1. The summed E-state index contributed by atoms with van der Waals surface area (Å²) in [5, 5.41) is 20.7. The van der Waals surface area contributed by atoms with Gasteiger partial charge in [-0.3, -0.25) is 0 Å². The Labute approximate surface area is 150 Å². The van der Waals surface area contributed by atoms with Gasteiger partial charge in [0.2, 0.25) is 0 Å². The Morgan fingerprint density at radius 1 is 1.31 bits per heavy atom. The minimum atomic E-state index is -1.14. The lowest BCUT2D eigenvalue weighted by molar-refractivity contribution is -0.757. The first-order valence-electron chi connectivity index (χ1n) is 8.20. The van der Waals surface area contributed by atoms with Gasteiger partial charge in [-0.05, 0) is 56.3 Å². The first-order valence-corrected chi connectivity index (χ1v) is 8.20. The highest BCUT2D eigenvalue weighted by Gasteiger charge is 2.20. The van der Waals surface area contributed by atoms with Gasteiger partial charge in [0, 0.05) is 0 Å². The molecule has 26 heavy (non-hydrogen) atoms. The molecule has 0 heterocycles. The highest BCUT2D eigenvalue weighted by molar-refractivity contribution is 5.80. The normalized spacial score (nSPS) is 11.4. The van der Waals surface area contributed by atoms with Gasteiger partial charge < -0.3 is 25.7 Å². The molecule has 10 nitrogen and oxygen atoms in total. The maximum absolute atomic E-state index is 11.9. The van der Waals surface area contributed by atoms with Gasteiger partial charge >= 0.3 is 12.1 Å². The molecule has 1 amide bonds. The number of benzene rings is 1. The molecule has 144 valence electrons. The van der Waals surface area contributed by atoms with Crippen LogP contribution in [0.4, 0.5) is 4.79 Å². The van der Waals surface area contributed by atoms with E-state index in [-0.39, 0.29) is 18.8 Å². The summed E-state index contributed by atoms with van der Waals surface area (Å²) in [6.07, 6.45) is 1.58. The lowest BCUT2D eigenvalue weighted by Crippen LogP contribution is -2.42. The summed E-state index contributed by atoms with van der Waals surface area (Å²) >= 11 is 0. The van der Waals surface area contributed by atoms with Crippen molar-refractivity contribution in [3.8, 4) is 5.75 Å². The standard InChI is InChI=1S/C16H23N3O7/c17-9-2-1-8-14(15(20)21)18-16(22)26-13-7-3-5-12(11-13)6-4-10-25-19(23)24/h3,5,7,11,14H,1-2,4,6,8-10,17H2,(H,18,22)(H,20,21). The van der Waals surface area contributed by atoms with Crippen LogP contribution >= 0.6 is 0 Å². The molecule has 1 unspecified atom stereocenters. The van der Waals surface area contributed by atoms with Crippen LogP contribution in [0.2, 0.25) is 0 Å². The summed E-state index contributed by atoms with van der Waals surface area (Å²) in [6, 6.07) is 5.57. The fourth-order valence-corrected chi connectivity index (χ4v) is 2.21. The molecule has 1 aromatic carbocycles. The number of carboxylic acids is 1. The quantitative estimate of drug-likeness (QED) is 0.284. The van der Waals surface area contributed by atoms with Crippen LogP contribution in [0.15, 0.2) is 24.3 Å². The number of nitrogens with one attached hydrogen (secondary N) is 1. The van der Waals surface area contributed by atoms with E-state index >= 15 is 0 Å². The topological polar surface area (TPSA) is 154 Å². The number of amides is 1. The molecule has 0 spiro atoms. The first kappa shape index (κ1) is 21.2. The number of carbonyl (C=O) groups excluding carboxylic acids is 1. The monoisotopic (exact) mass is 369 g/mol. The Morgan fingerprint density at radius 3 is 2.73 bits per heavy atom. The maximum atomic E-state index is 11.9. The molecule has 0 aliphatic heterocycles. The van der Waals surface area contributed by atoms with Crippen molar-refractivity contribution in [1.29, 1.82) is 0 Å². The summed E-state index contributed by atoms with van der Waals surface area (Å²) in [5.74, 6) is -0.889. The number of ether oxygens (including phenoxy) is 1. The second-order valence-electron chi connectivity index (χ2n) is 5.52. The van der Waals surface area contributed by atoms with Gasteiger partial charge in [0.25, 0.3) is 5.09 Å². The van der Waals surface area contributed by atoms with E-state index in [9.17, 15) is 19.7 Å². The molecule has 0 saturated carbocycles. The number of aryl methyl sites for hydroxylation is 1. The van der Waals surface area contributed by atoms with Crippen LogP contribution in [0.5, 0.6) is 5.75 Å². The lowest BCUT2D eigenvalue weighted by atomic mass is 10.1. The minimum absolute atomic E-state index is 0.0261. The SMILES string of the molecule is NCCCCC(NC(=O)Oc1cccc(CCCO[N+](=O)[O-])c1)C(=O)O. The van der Waals surface area contributed by atoms with E-state index in [1.165, 1.54) is 0 Å². The van der Waals surface area contributed by atoms with Crippen LogP contribution in [0.1, 0.15) is 31.2 Å². The van der Waals surface area contributed by atoms with Crippen LogP contribution in [-0.4, -0.2) is 41.4 Å². The molecule has 0 aliphatic carbocycles. The molecule has 0 aromatic heterocycles. The van der Waals surface area contributed by atoms with Gasteiger partial charge in [-0.15, -0.1) is 10.1 Å². The molecule has 0 saturated heterocycles. The van der Waals surface area contributed by atoms with E-state index in [0.717, 1.165) is 5.56 Å². The van der Waals surface area contributed by atoms with Gasteiger partial charge in [-0.2, -0.15) is 0 Å². The highest BCUT2D eigenvalue weighted by atomic mass is 16.9. The van der Waals surface area contributed by atoms with Gasteiger partial charge in [0.1, 0.15) is 11.8 Å². The Morgan fingerprint density at radius 2 is 2.08 bits per heavy atom.